The maximum atomic E-state index is 8.77. The summed E-state index contributed by atoms with van der Waals surface area (Å²) in [4.78, 5) is 2.43. The van der Waals surface area contributed by atoms with E-state index in [1.54, 1.807) is 0 Å². The lowest BCUT2D eigenvalue weighted by Gasteiger charge is -2.34. The third kappa shape index (κ3) is 3.29. The van der Waals surface area contributed by atoms with Crippen LogP contribution in [0.1, 0.15) is 24.4 Å². The van der Waals surface area contributed by atoms with Crippen molar-refractivity contribution in [2.24, 2.45) is 0 Å². The number of benzene rings is 1. The van der Waals surface area contributed by atoms with Gasteiger partial charge < -0.3 is 4.74 Å². The highest BCUT2D eigenvalue weighted by molar-refractivity contribution is 5.19. The molecule has 90 valence electrons. The van der Waals surface area contributed by atoms with Crippen LogP contribution in [0.5, 0.6) is 0 Å². The summed E-state index contributed by atoms with van der Waals surface area (Å²) in [7, 11) is 0. The summed E-state index contributed by atoms with van der Waals surface area (Å²) < 4.78 is 5.38. The van der Waals surface area contributed by atoms with E-state index < -0.39 is 0 Å². The molecule has 3 nitrogen and oxygen atoms in total. The molecule has 1 aromatic rings. The van der Waals surface area contributed by atoms with E-state index in [1.165, 1.54) is 5.56 Å². The Morgan fingerprint density at radius 3 is 2.59 bits per heavy atom. The van der Waals surface area contributed by atoms with Crippen molar-refractivity contribution in [3.63, 3.8) is 0 Å². The van der Waals surface area contributed by atoms with Crippen LogP contribution in [0, 0.1) is 11.3 Å². The van der Waals surface area contributed by atoms with Crippen LogP contribution < -0.4 is 0 Å². The van der Waals surface area contributed by atoms with Crippen LogP contribution in [0.4, 0.5) is 0 Å². The van der Waals surface area contributed by atoms with Gasteiger partial charge in [-0.3, -0.25) is 4.90 Å². The van der Waals surface area contributed by atoms with E-state index >= 15 is 0 Å². The lowest BCUT2D eigenvalue weighted by atomic mass is 10.0. The van der Waals surface area contributed by atoms with Crippen molar-refractivity contribution in [1.29, 1.82) is 5.26 Å². The van der Waals surface area contributed by atoms with Gasteiger partial charge in [0, 0.05) is 25.6 Å². The van der Waals surface area contributed by atoms with Gasteiger partial charge in [-0.1, -0.05) is 30.3 Å². The summed E-state index contributed by atoms with van der Waals surface area (Å²) in [5.41, 5.74) is 1.31. The monoisotopic (exact) mass is 230 g/mol. The average Bonchev–Trinajstić information content (AvgIpc) is 2.42. The fourth-order valence-electron chi connectivity index (χ4n) is 2.33. The Kier molecular flexibility index (Phi) is 4.54. The number of rotatable bonds is 4. The van der Waals surface area contributed by atoms with Gasteiger partial charge in [0.2, 0.25) is 0 Å². The predicted octanol–water partition coefficient (Wildman–Crippen LogP) is 2.36. The first-order chi connectivity index (χ1) is 8.42. The molecule has 1 atom stereocenters. The van der Waals surface area contributed by atoms with Gasteiger partial charge in [0.1, 0.15) is 0 Å². The fraction of sp³-hybridized carbons (Fsp3) is 0.500. The number of nitriles is 1. The van der Waals surface area contributed by atoms with Crippen molar-refractivity contribution in [2.75, 3.05) is 26.3 Å². The van der Waals surface area contributed by atoms with E-state index in [-0.39, 0.29) is 0 Å². The van der Waals surface area contributed by atoms with E-state index in [4.69, 9.17) is 10.00 Å². The molecule has 17 heavy (non-hydrogen) atoms. The van der Waals surface area contributed by atoms with E-state index in [2.05, 4.69) is 35.2 Å². The van der Waals surface area contributed by atoms with Gasteiger partial charge in [0.25, 0.3) is 0 Å². The molecule has 1 unspecified atom stereocenters. The quantitative estimate of drug-likeness (QED) is 0.796. The summed E-state index contributed by atoms with van der Waals surface area (Å²) in [6, 6.07) is 13.1. The van der Waals surface area contributed by atoms with Crippen LogP contribution in [0.25, 0.3) is 0 Å². The molecule has 1 fully saturated rings. The molecular formula is C14H18N2O. The highest BCUT2D eigenvalue weighted by atomic mass is 16.5. The van der Waals surface area contributed by atoms with Crippen molar-refractivity contribution < 1.29 is 4.74 Å². The minimum Gasteiger partial charge on any atom is -0.379 e. The van der Waals surface area contributed by atoms with Gasteiger partial charge in [0.15, 0.2) is 0 Å². The summed E-state index contributed by atoms with van der Waals surface area (Å²) in [5, 5.41) is 8.77. The van der Waals surface area contributed by atoms with Gasteiger partial charge >= 0.3 is 0 Å². The van der Waals surface area contributed by atoms with Crippen molar-refractivity contribution >= 4 is 0 Å². The van der Waals surface area contributed by atoms with Crippen LogP contribution in [0.15, 0.2) is 30.3 Å². The summed E-state index contributed by atoms with van der Waals surface area (Å²) in [5.74, 6) is 0. The number of hydrogen-bond donors (Lipinski definition) is 0. The van der Waals surface area contributed by atoms with Crippen LogP contribution in [-0.4, -0.2) is 31.2 Å². The Hall–Kier alpha value is -1.37. The normalized spacial score (nSPS) is 18.5. The van der Waals surface area contributed by atoms with Crippen molar-refractivity contribution in [3.05, 3.63) is 35.9 Å². The molecule has 0 amide bonds. The van der Waals surface area contributed by atoms with Gasteiger partial charge in [-0.25, -0.2) is 0 Å². The lowest BCUT2D eigenvalue weighted by Crippen LogP contribution is -2.39. The zero-order valence-corrected chi connectivity index (χ0v) is 10.0. The standard InChI is InChI=1S/C14H18N2O/c15-8-4-7-14(13-5-2-1-3-6-13)16-9-11-17-12-10-16/h1-3,5-6,14H,4,7,9-12H2. The molecule has 0 N–H and O–H groups in total. The largest absolute Gasteiger partial charge is 0.379 e. The summed E-state index contributed by atoms with van der Waals surface area (Å²) in [6.07, 6.45) is 1.51. The molecule has 0 aliphatic carbocycles. The third-order valence-electron chi connectivity index (χ3n) is 3.20. The average molecular weight is 230 g/mol. The van der Waals surface area contributed by atoms with E-state index in [1.807, 2.05) is 6.07 Å². The van der Waals surface area contributed by atoms with Crippen molar-refractivity contribution in [3.8, 4) is 6.07 Å². The molecule has 0 radical (unpaired) electrons. The second-order valence-electron chi connectivity index (χ2n) is 4.27. The fourth-order valence-corrected chi connectivity index (χ4v) is 2.33. The second kappa shape index (κ2) is 6.39. The Morgan fingerprint density at radius 2 is 1.94 bits per heavy atom. The molecule has 1 aliphatic rings. The maximum Gasteiger partial charge on any atom is 0.0622 e. The Bertz CT molecular complexity index is 366. The van der Waals surface area contributed by atoms with Gasteiger partial charge in [-0.2, -0.15) is 5.26 Å². The molecule has 1 aliphatic heterocycles. The van der Waals surface area contributed by atoms with Crippen LogP contribution in [0.3, 0.4) is 0 Å². The Balaban J connectivity index is 2.10. The van der Waals surface area contributed by atoms with Crippen LogP contribution >= 0.6 is 0 Å². The Labute approximate surface area is 103 Å². The first-order valence-electron chi connectivity index (χ1n) is 6.15. The minimum atomic E-state index is 0.361. The zero-order valence-electron chi connectivity index (χ0n) is 10.0. The smallest absolute Gasteiger partial charge is 0.0622 e. The van der Waals surface area contributed by atoms with Gasteiger partial charge in [0.05, 0.1) is 19.3 Å². The summed E-state index contributed by atoms with van der Waals surface area (Å²) >= 11 is 0. The second-order valence-corrected chi connectivity index (χ2v) is 4.27. The van der Waals surface area contributed by atoms with Crippen LogP contribution in [0.2, 0.25) is 0 Å². The molecule has 1 aromatic carbocycles. The Morgan fingerprint density at radius 1 is 1.24 bits per heavy atom. The van der Waals surface area contributed by atoms with E-state index in [0.717, 1.165) is 32.7 Å². The first kappa shape index (κ1) is 12.1. The van der Waals surface area contributed by atoms with Gasteiger partial charge in [-0.05, 0) is 12.0 Å². The molecule has 3 heteroatoms. The molecule has 0 saturated carbocycles. The third-order valence-corrected chi connectivity index (χ3v) is 3.20. The number of ether oxygens (including phenoxy) is 1. The van der Waals surface area contributed by atoms with Crippen LogP contribution in [-0.2, 0) is 4.74 Å². The van der Waals surface area contributed by atoms with E-state index in [9.17, 15) is 0 Å². The van der Waals surface area contributed by atoms with Gasteiger partial charge in [-0.15, -0.1) is 0 Å². The minimum absolute atomic E-state index is 0.361. The molecule has 1 saturated heterocycles. The van der Waals surface area contributed by atoms with Crippen molar-refractivity contribution in [1.82, 2.24) is 4.90 Å². The number of nitrogens with zero attached hydrogens (tertiary/aromatic N) is 2. The molecule has 1 heterocycles. The molecular weight excluding hydrogens is 212 g/mol. The number of morpholine rings is 1. The zero-order chi connectivity index (χ0) is 11.9. The highest BCUT2D eigenvalue weighted by Gasteiger charge is 2.21. The topological polar surface area (TPSA) is 36.3 Å². The lowest BCUT2D eigenvalue weighted by molar-refractivity contribution is 0.0145. The molecule has 0 bridgehead atoms. The summed E-state index contributed by atoms with van der Waals surface area (Å²) in [6.45, 7) is 3.53. The predicted molar refractivity (Wildman–Crippen MR) is 66.4 cm³/mol. The molecule has 0 aromatic heterocycles. The highest BCUT2D eigenvalue weighted by Crippen LogP contribution is 2.26. The van der Waals surface area contributed by atoms with Crippen molar-refractivity contribution in [2.45, 2.75) is 18.9 Å². The SMILES string of the molecule is N#CCCC(c1ccccc1)N1CCOCC1. The van der Waals surface area contributed by atoms with E-state index in [0.29, 0.717) is 12.5 Å². The molecule has 2 rings (SSSR count). The number of hydrogen-bond acceptors (Lipinski definition) is 3. The maximum absolute atomic E-state index is 8.77. The first-order valence-corrected chi connectivity index (χ1v) is 6.15. The molecule has 0 spiro atoms.